The van der Waals surface area contributed by atoms with Crippen molar-refractivity contribution in [2.45, 2.75) is 46.5 Å². The van der Waals surface area contributed by atoms with Gasteiger partial charge in [-0.3, -0.25) is 9.59 Å². The maximum atomic E-state index is 11.2. The minimum absolute atomic E-state index is 0.184. The lowest BCUT2D eigenvalue weighted by atomic mass is 9.96. The van der Waals surface area contributed by atoms with Crippen molar-refractivity contribution in [3.05, 3.63) is 72.3 Å². The van der Waals surface area contributed by atoms with E-state index in [0.717, 1.165) is 28.2 Å². The van der Waals surface area contributed by atoms with Crippen LogP contribution in [0, 0.1) is 6.92 Å². The second kappa shape index (κ2) is 14.7. The first-order valence-corrected chi connectivity index (χ1v) is 12.9. The lowest BCUT2D eigenvalue weighted by Crippen LogP contribution is -2.07. The van der Waals surface area contributed by atoms with Crippen molar-refractivity contribution in [3.8, 4) is 33.8 Å². The van der Waals surface area contributed by atoms with E-state index in [1.54, 1.807) is 13.8 Å². The van der Waals surface area contributed by atoms with Gasteiger partial charge >= 0.3 is 11.9 Å². The number of benzene rings is 3. The molecule has 6 nitrogen and oxygen atoms in total. The number of carbonyl (C=O) groups excluding carboxylic acids is 2. The van der Waals surface area contributed by atoms with Crippen LogP contribution in [0.25, 0.3) is 22.3 Å². The summed E-state index contributed by atoms with van der Waals surface area (Å²) in [6.07, 6.45) is 2.12. The first-order valence-electron chi connectivity index (χ1n) is 12.9. The van der Waals surface area contributed by atoms with Gasteiger partial charge in [0.15, 0.2) is 0 Å². The van der Waals surface area contributed by atoms with Crippen LogP contribution in [0.3, 0.4) is 0 Å². The zero-order valence-corrected chi connectivity index (χ0v) is 22.0. The van der Waals surface area contributed by atoms with Crippen LogP contribution >= 0.6 is 0 Å². The molecule has 0 heterocycles. The first kappa shape index (κ1) is 27.8. The quantitative estimate of drug-likeness (QED) is 0.178. The van der Waals surface area contributed by atoms with Crippen molar-refractivity contribution in [3.63, 3.8) is 0 Å². The highest BCUT2D eigenvalue weighted by Gasteiger charge is 2.07. The topological polar surface area (TPSA) is 71.1 Å². The summed E-state index contributed by atoms with van der Waals surface area (Å²) in [6.45, 7) is 7.44. The molecular formula is C31H36O6. The SMILES string of the molecule is CCC(=O)OCCCOc1ccc(-c2ccc(-c3ccc(OCCCOC(=O)CC)cc3)c(C)c2)cc1. The molecule has 0 aliphatic rings. The molecule has 0 radical (unpaired) electrons. The molecule has 0 saturated carbocycles. The molecular weight excluding hydrogens is 468 g/mol. The molecule has 0 saturated heterocycles. The van der Waals surface area contributed by atoms with Gasteiger partial charge in [-0.2, -0.15) is 0 Å². The second-order valence-corrected chi connectivity index (χ2v) is 8.63. The fourth-order valence-electron chi connectivity index (χ4n) is 3.72. The van der Waals surface area contributed by atoms with Gasteiger partial charge in [0.2, 0.25) is 0 Å². The highest BCUT2D eigenvalue weighted by molar-refractivity contribution is 5.74. The summed E-state index contributed by atoms with van der Waals surface area (Å²) in [5.74, 6) is 1.22. The van der Waals surface area contributed by atoms with E-state index in [9.17, 15) is 9.59 Å². The zero-order chi connectivity index (χ0) is 26.5. The summed E-state index contributed by atoms with van der Waals surface area (Å²) < 4.78 is 21.6. The number of ether oxygens (including phenoxy) is 4. The maximum Gasteiger partial charge on any atom is 0.305 e. The van der Waals surface area contributed by atoms with Crippen LogP contribution in [0.1, 0.15) is 45.1 Å². The number of aryl methyl sites for hydroxylation is 1. The normalized spacial score (nSPS) is 10.6. The number of rotatable bonds is 14. The van der Waals surface area contributed by atoms with Gasteiger partial charge in [0, 0.05) is 25.7 Å². The molecule has 0 spiro atoms. The van der Waals surface area contributed by atoms with Gasteiger partial charge in [0.25, 0.3) is 0 Å². The van der Waals surface area contributed by atoms with Crippen LogP contribution in [-0.4, -0.2) is 38.4 Å². The Morgan fingerprint density at radius 2 is 1.05 bits per heavy atom. The molecule has 3 aromatic carbocycles. The summed E-state index contributed by atoms with van der Waals surface area (Å²) in [5, 5.41) is 0. The standard InChI is InChI=1S/C31H36O6/c1-4-30(32)36-20-6-18-34-27-13-8-24(9-14-27)26-12-17-29(23(3)22-26)25-10-15-28(16-11-25)35-19-7-21-37-31(33)5-2/h8-17,22H,4-7,18-21H2,1-3H3. The predicted molar refractivity (Wildman–Crippen MR) is 145 cm³/mol. The van der Waals surface area contributed by atoms with Gasteiger partial charge in [-0.05, 0) is 59.0 Å². The Morgan fingerprint density at radius 1 is 0.595 bits per heavy atom. The molecule has 6 heteroatoms. The van der Waals surface area contributed by atoms with Gasteiger partial charge in [-0.25, -0.2) is 0 Å². The van der Waals surface area contributed by atoms with Gasteiger partial charge < -0.3 is 18.9 Å². The Bertz CT molecular complexity index is 1140. The Balaban J connectivity index is 1.50. The Kier molecular flexibility index (Phi) is 11.0. The average molecular weight is 505 g/mol. The van der Waals surface area contributed by atoms with Gasteiger partial charge in [-0.15, -0.1) is 0 Å². The average Bonchev–Trinajstić information content (AvgIpc) is 2.93. The molecule has 37 heavy (non-hydrogen) atoms. The van der Waals surface area contributed by atoms with E-state index in [2.05, 4.69) is 49.4 Å². The van der Waals surface area contributed by atoms with E-state index in [-0.39, 0.29) is 11.9 Å². The van der Waals surface area contributed by atoms with Crippen LogP contribution in [-0.2, 0) is 19.1 Å². The van der Waals surface area contributed by atoms with Crippen molar-refractivity contribution in [1.82, 2.24) is 0 Å². The molecule has 0 fully saturated rings. The van der Waals surface area contributed by atoms with Crippen molar-refractivity contribution in [2.24, 2.45) is 0 Å². The smallest absolute Gasteiger partial charge is 0.305 e. The molecule has 0 amide bonds. The maximum absolute atomic E-state index is 11.2. The lowest BCUT2D eigenvalue weighted by molar-refractivity contribution is -0.144. The molecule has 3 rings (SSSR count). The summed E-state index contributed by atoms with van der Waals surface area (Å²) in [6, 6.07) is 22.5. The summed E-state index contributed by atoms with van der Waals surface area (Å²) in [5.41, 5.74) is 5.74. The van der Waals surface area contributed by atoms with E-state index in [4.69, 9.17) is 18.9 Å². The Labute approximate surface area is 219 Å². The third-order valence-electron chi connectivity index (χ3n) is 5.80. The van der Waals surface area contributed by atoms with Crippen molar-refractivity contribution in [2.75, 3.05) is 26.4 Å². The highest BCUT2D eigenvalue weighted by atomic mass is 16.5. The van der Waals surface area contributed by atoms with E-state index in [1.807, 2.05) is 24.3 Å². The lowest BCUT2D eigenvalue weighted by Gasteiger charge is -2.12. The molecule has 0 unspecified atom stereocenters. The molecule has 3 aromatic rings. The third-order valence-corrected chi connectivity index (χ3v) is 5.80. The fourth-order valence-corrected chi connectivity index (χ4v) is 3.72. The summed E-state index contributed by atoms with van der Waals surface area (Å²) in [4.78, 5) is 22.3. The Hall–Kier alpha value is -3.80. The van der Waals surface area contributed by atoms with Crippen LogP contribution < -0.4 is 9.47 Å². The van der Waals surface area contributed by atoms with Gasteiger partial charge in [0.1, 0.15) is 11.5 Å². The van der Waals surface area contributed by atoms with Crippen LogP contribution in [0.4, 0.5) is 0 Å². The van der Waals surface area contributed by atoms with Crippen LogP contribution in [0.5, 0.6) is 11.5 Å². The van der Waals surface area contributed by atoms with Gasteiger partial charge in [0.05, 0.1) is 26.4 Å². The summed E-state index contributed by atoms with van der Waals surface area (Å²) in [7, 11) is 0. The van der Waals surface area contributed by atoms with E-state index in [0.29, 0.717) is 52.1 Å². The molecule has 0 aliphatic carbocycles. The monoisotopic (exact) mass is 504 g/mol. The number of carbonyl (C=O) groups is 2. The number of hydrogen-bond donors (Lipinski definition) is 0. The Morgan fingerprint density at radius 3 is 1.51 bits per heavy atom. The van der Waals surface area contributed by atoms with Crippen molar-refractivity contribution in [1.29, 1.82) is 0 Å². The minimum Gasteiger partial charge on any atom is -0.493 e. The molecule has 0 atom stereocenters. The predicted octanol–water partition coefficient (Wildman–Crippen LogP) is 6.77. The molecule has 0 bridgehead atoms. The number of hydrogen-bond acceptors (Lipinski definition) is 6. The fraction of sp³-hybridized carbons (Fsp3) is 0.355. The van der Waals surface area contributed by atoms with Crippen molar-refractivity contribution >= 4 is 11.9 Å². The zero-order valence-electron chi connectivity index (χ0n) is 22.0. The van der Waals surface area contributed by atoms with Crippen molar-refractivity contribution < 1.29 is 28.5 Å². The van der Waals surface area contributed by atoms with Gasteiger partial charge in [-0.1, -0.05) is 56.3 Å². The molecule has 196 valence electrons. The van der Waals surface area contributed by atoms with E-state index < -0.39 is 0 Å². The first-order chi connectivity index (χ1) is 18.0. The van der Waals surface area contributed by atoms with E-state index in [1.165, 1.54) is 11.1 Å². The van der Waals surface area contributed by atoms with Crippen LogP contribution in [0.2, 0.25) is 0 Å². The van der Waals surface area contributed by atoms with E-state index >= 15 is 0 Å². The largest absolute Gasteiger partial charge is 0.493 e. The molecule has 0 N–H and O–H groups in total. The molecule has 0 aromatic heterocycles. The third kappa shape index (κ3) is 8.98. The number of esters is 2. The highest BCUT2D eigenvalue weighted by Crippen LogP contribution is 2.30. The molecule has 0 aliphatic heterocycles. The second-order valence-electron chi connectivity index (χ2n) is 8.63. The summed E-state index contributed by atoms with van der Waals surface area (Å²) >= 11 is 0. The minimum atomic E-state index is -0.184. The van der Waals surface area contributed by atoms with Crippen LogP contribution in [0.15, 0.2) is 66.7 Å².